The largest absolute Gasteiger partial charge is 0.481 e. The van der Waals surface area contributed by atoms with Gasteiger partial charge in [0.25, 0.3) is 0 Å². The summed E-state index contributed by atoms with van der Waals surface area (Å²) in [6.45, 7) is 1.51. The second kappa shape index (κ2) is 6.77. The number of ether oxygens (including phenoxy) is 2. The van der Waals surface area contributed by atoms with Crippen LogP contribution in [0.3, 0.4) is 0 Å². The summed E-state index contributed by atoms with van der Waals surface area (Å²) < 4.78 is 12.1. The minimum Gasteiger partial charge on any atom is -0.481 e. The fourth-order valence-electron chi connectivity index (χ4n) is 2.99. The lowest BCUT2D eigenvalue weighted by Crippen LogP contribution is -2.32. The molecular weight excluding hydrogens is 344 g/mol. The minimum atomic E-state index is -1.30. The van der Waals surface area contributed by atoms with Gasteiger partial charge in [-0.3, -0.25) is 5.41 Å². The van der Waals surface area contributed by atoms with Crippen molar-refractivity contribution in [3.05, 3.63) is 28.0 Å². The number of rotatable bonds is 4. The quantitative estimate of drug-likeness (QED) is 0.197. The summed E-state index contributed by atoms with van der Waals surface area (Å²) in [5.41, 5.74) is 15.1. The highest BCUT2D eigenvalue weighted by atomic mass is 16.6. The number of aliphatic hydroxyl groups excluding tert-OH is 2. The van der Waals surface area contributed by atoms with Crippen molar-refractivity contribution in [3.63, 3.8) is 0 Å². The average molecular weight is 362 g/mol. The third kappa shape index (κ3) is 2.80. The molecule has 2 aromatic heterocycles. The highest BCUT2D eigenvalue weighted by molar-refractivity contribution is 6.08. The maximum Gasteiger partial charge on any atom is 0.215 e. The number of fused-ring (bicyclic) bond motifs is 1. The van der Waals surface area contributed by atoms with Gasteiger partial charge in [0, 0.05) is 11.1 Å². The minimum absolute atomic E-state index is 0.138. The number of aliphatic hydroxyl groups is 2. The molecule has 0 aromatic carbocycles. The lowest BCUT2D eigenvalue weighted by Gasteiger charge is -2.17. The maximum atomic E-state index is 10.4. The third-order valence-corrected chi connectivity index (χ3v) is 4.20. The molecule has 0 aliphatic carbocycles. The first-order valence-electron chi connectivity index (χ1n) is 7.69. The Hall–Kier alpha value is -2.92. The summed E-state index contributed by atoms with van der Waals surface area (Å²) in [5.74, 6) is 0.386. The Morgan fingerprint density at radius 2 is 2.23 bits per heavy atom. The first-order chi connectivity index (χ1) is 12.4. The van der Waals surface area contributed by atoms with Crippen LogP contribution in [0.4, 0.5) is 5.82 Å². The highest BCUT2D eigenvalue weighted by Gasteiger charge is 2.44. The Morgan fingerprint density at radius 3 is 2.88 bits per heavy atom. The van der Waals surface area contributed by atoms with Crippen LogP contribution in [0.2, 0.25) is 0 Å². The summed E-state index contributed by atoms with van der Waals surface area (Å²) in [5, 5.41) is 32.3. The van der Waals surface area contributed by atoms with Gasteiger partial charge in [0.15, 0.2) is 6.23 Å². The number of nitrogens with one attached hydrogen (secondary N) is 1. The van der Waals surface area contributed by atoms with Crippen molar-refractivity contribution in [2.45, 2.75) is 31.5 Å². The molecule has 3 heterocycles. The van der Waals surface area contributed by atoms with E-state index in [0.29, 0.717) is 22.4 Å². The maximum absolute atomic E-state index is 10.4. The van der Waals surface area contributed by atoms with Crippen molar-refractivity contribution >= 4 is 22.7 Å². The first kappa shape index (κ1) is 17.9. The number of anilines is 1. The van der Waals surface area contributed by atoms with Crippen molar-refractivity contribution in [3.8, 4) is 0 Å². The van der Waals surface area contributed by atoms with E-state index >= 15 is 0 Å². The number of methoxy groups -OCH3 is 1. The van der Waals surface area contributed by atoms with Crippen LogP contribution in [0, 0.1) is 12.3 Å². The Bertz CT molecular complexity index is 906. The van der Waals surface area contributed by atoms with E-state index in [4.69, 9.17) is 26.1 Å². The normalized spacial score (nSPS) is 25.2. The van der Waals surface area contributed by atoms with Gasteiger partial charge in [0.1, 0.15) is 29.5 Å². The molecule has 0 spiro atoms. The Morgan fingerprint density at radius 1 is 1.50 bits per heavy atom. The molecule has 12 heteroatoms. The Labute approximate surface area is 147 Å². The first-order valence-corrected chi connectivity index (χ1v) is 7.69. The molecule has 1 saturated heterocycles. The molecular formula is C14H18N8O4. The second-order valence-corrected chi connectivity index (χ2v) is 5.80. The zero-order valence-electron chi connectivity index (χ0n) is 14.1. The molecule has 3 rings (SSSR count). The number of hydrogen-bond donors (Lipinski definition) is 4. The van der Waals surface area contributed by atoms with Gasteiger partial charge in [-0.25, -0.2) is 9.97 Å². The SMILES string of the molecule is COC(=N)c1cn([C@@H]2O[C@H](CN=[N+]=[N-])[C@@H](O)[C@H]2O)c2nc(C)nc(N)c12. The van der Waals surface area contributed by atoms with E-state index < -0.39 is 24.5 Å². The number of nitrogens with two attached hydrogens (primary N) is 1. The smallest absolute Gasteiger partial charge is 0.215 e. The van der Waals surface area contributed by atoms with E-state index in [1.807, 2.05) is 0 Å². The summed E-state index contributed by atoms with van der Waals surface area (Å²) in [4.78, 5) is 11.1. The van der Waals surface area contributed by atoms with E-state index in [0.717, 1.165) is 0 Å². The van der Waals surface area contributed by atoms with Crippen LogP contribution in [0.25, 0.3) is 21.5 Å². The van der Waals surface area contributed by atoms with Crippen molar-refractivity contribution < 1.29 is 19.7 Å². The number of hydrogen-bond acceptors (Lipinski definition) is 9. The van der Waals surface area contributed by atoms with E-state index in [-0.39, 0.29) is 18.3 Å². The predicted octanol–water partition coefficient (Wildman–Crippen LogP) is 0.223. The number of azide groups is 1. The monoisotopic (exact) mass is 362 g/mol. The van der Waals surface area contributed by atoms with Gasteiger partial charge < -0.3 is 30.0 Å². The Balaban J connectivity index is 2.13. The van der Waals surface area contributed by atoms with Crippen LogP contribution in [0.15, 0.2) is 11.3 Å². The fourth-order valence-corrected chi connectivity index (χ4v) is 2.99. The molecule has 0 amide bonds. The lowest BCUT2D eigenvalue weighted by molar-refractivity contribution is -0.0318. The molecule has 26 heavy (non-hydrogen) atoms. The van der Waals surface area contributed by atoms with Crippen LogP contribution in [0.5, 0.6) is 0 Å². The average Bonchev–Trinajstić information content (AvgIpc) is 3.11. The second-order valence-electron chi connectivity index (χ2n) is 5.80. The topological polar surface area (TPSA) is 188 Å². The molecule has 0 unspecified atom stereocenters. The van der Waals surface area contributed by atoms with Crippen LogP contribution >= 0.6 is 0 Å². The highest BCUT2D eigenvalue weighted by Crippen LogP contribution is 2.35. The van der Waals surface area contributed by atoms with Gasteiger partial charge in [-0.05, 0) is 12.5 Å². The van der Waals surface area contributed by atoms with Crippen molar-refractivity contribution in [2.75, 3.05) is 19.4 Å². The van der Waals surface area contributed by atoms with E-state index in [9.17, 15) is 10.2 Å². The molecule has 0 radical (unpaired) electrons. The van der Waals surface area contributed by atoms with Crippen LogP contribution in [-0.2, 0) is 9.47 Å². The van der Waals surface area contributed by atoms with Crippen molar-refractivity contribution in [1.29, 1.82) is 5.41 Å². The molecule has 138 valence electrons. The zero-order valence-corrected chi connectivity index (χ0v) is 14.1. The Kier molecular flexibility index (Phi) is 4.66. The molecule has 0 saturated carbocycles. The summed E-state index contributed by atoms with van der Waals surface area (Å²) >= 11 is 0. The molecule has 5 N–H and O–H groups in total. The predicted molar refractivity (Wildman–Crippen MR) is 90.5 cm³/mol. The molecule has 1 fully saturated rings. The number of nitrogen functional groups attached to an aromatic ring is 1. The summed E-state index contributed by atoms with van der Waals surface area (Å²) in [6.07, 6.45) is -2.95. The van der Waals surface area contributed by atoms with E-state index in [2.05, 4.69) is 20.0 Å². The lowest BCUT2D eigenvalue weighted by atomic mass is 10.1. The number of aryl methyl sites for hydroxylation is 1. The fraction of sp³-hybridized carbons (Fsp3) is 0.500. The third-order valence-electron chi connectivity index (χ3n) is 4.20. The molecule has 12 nitrogen and oxygen atoms in total. The van der Waals surface area contributed by atoms with Crippen molar-refractivity contribution in [1.82, 2.24) is 14.5 Å². The number of nitrogens with zero attached hydrogens (tertiary/aromatic N) is 6. The molecule has 0 bridgehead atoms. The van der Waals surface area contributed by atoms with Crippen LogP contribution < -0.4 is 5.73 Å². The van der Waals surface area contributed by atoms with Gasteiger partial charge in [-0.2, -0.15) is 0 Å². The molecule has 1 aliphatic rings. The van der Waals surface area contributed by atoms with Crippen LogP contribution in [-0.4, -0.2) is 62.6 Å². The van der Waals surface area contributed by atoms with Gasteiger partial charge >= 0.3 is 0 Å². The van der Waals surface area contributed by atoms with Crippen LogP contribution in [0.1, 0.15) is 17.6 Å². The van der Waals surface area contributed by atoms with Gasteiger partial charge in [0.05, 0.1) is 30.7 Å². The molecule has 4 atom stereocenters. The standard InChI is InChI=1S/C14H18N8O4/c1-5-19-11(15)8-6(12(16)25-2)4-22(13(8)20-5)14-10(24)9(23)7(26-14)3-18-21-17/h4,7,9-10,14,16,23-24H,3H2,1-2H3,(H2,15,19,20)/t7-,9-,10-,14-/m1/s1. The molecule has 2 aromatic rings. The van der Waals surface area contributed by atoms with E-state index in [1.165, 1.54) is 17.9 Å². The number of aromatic nitrogens is 3. The van der Waals surface area contributed by atoms with Gasteiger partial charge in [0.2, 0.25) is 5.90 Å². The summed E-state index contributed by atoms with van der Waals surface area (Å²) in [7, 11) is 1.34. The summed E-state index contributed by atoms with van der Waals surface area (Å²) in [6, 6.07) is 0. The van der Waals surface area contributed by atoms with Gasteiger partial charge in [-0.15, -0.1) is 0 Å². The van der Waals surface area contributed by atoms with Gasteiger partial charge in [-0.1, -0.05) is 5.11 Å². The van der Waals surface area contributed by atoms with E-state index in [1.54, 1.807) is 6.92 Å². The van der Waals surface area contributed by atoms with Crippen molar-refractivity contribution in [2.24, 2.45) is 5.11 Å². The zero-order chi connectivity index (χ0) is 19.0. The molecule has 1 aliphatic heterocycles.